The summed E-state index contributed by atoms with van der Waals surface area (Å²) in [5, 5.41) is 0. The van der Waals surface area contributed by atoms with Crippen molar-refractivity contribution in [3.05, 3.63) is 66.5 Å². The van der Waals surface area contributed by atoms with E-state index >= 15 is 0 Å². The Morgan fingerprint density at radius 1 is 1.17 bits per heavy atom. The maximum absolute atomic E-state index is 4.45. The Morgan fingerprint density at radius 2 is 1.79 bits per heavy atom. The van der Waals surface area contributed by atoms with Crippen LogP contribution in [0.4, 0.5) is 0 Å². The van der Waals surface area contributed by atoms with Crippen LogP contribution in [0.25, 0.3) is 5.70 Å². The molecule has 1 unspecified atom stereocenters. The summed E-state index contributed by atoms with van der Waals surface area (Å²) in [6.07, 6.45) is 0. The molecule has 1 atom stereocenters. The highest BCUT2D eigenvalue weighted by atomic mass is 15.3. The van der Waals surface area contributed by atoms with Gasteiger partial charge in [-0.15, -0.1) is 0 Å². The van der Waals surface area contributed by atoms with Crippen molar-refractivity contribution in [2.24, 2.45) is 4.99 Å². The Morgan fingerprint density at radius 3 is 2.38 bits per heavy atom. The lowest BCUT2D eigenvalue weighted by molar-refractivity contribution is 0.199. The number of piperazine rings is 1. The Kier molecular flexibility index (Phi) is 5.66. The predicted octanol–water partition coefficient (Wildman–Crippen LogP) is 4.48. The smallest absolute Gasteiger partial charge is 0.0657 e. The van der Waals surface area contributed by atoms with Gasteiger partial charge in [0, 0.05) is 35.9 Å². The predicted molar refractivity (Wildman–Crippen MR) is 105 cm³/mol. The monoisotopic (exact) mass is 323 g/mol. The summed E-state index contributed by atoms with van der Waals surface area (Å²) in [5.74, 6) is 0. The van der Waals surface area contributed by atoms with E-state index in [1.165, 1.54) is 11.1 Å². The zero-order valence-electron chi connectivity index (χ0n) is 15.5. The van der Waals surface area contributed by atoms with E-state index in [0.29, 0.717) is 0 Å². The number of aliphatic imine (C=N–C) groups is 1. The molecule has 0 aliphatic carbocycles. The number of aryl methyl sites for hydroxylation is 1. The summed E-state index contributed by atoms with van der Waals surface area (Å²) in [5.41, 5.74) is 6.54. The summed E-state index contributed by atoms with van der Waals surface area (Å²) in [4.78, 5) is 9.10. The number of hydrogen-bond acceptors (Lipinski definition) is 3. The molecule has 128 valence electrons. The summed E-state index contributed by atoms with van der Waals surface area (Å²) < 4.78 is 0. The highest BCUT2D eigenvalue weighted by Gasteiger charge is 2.28. The maximum atomic E-state index is 4.45. The Hall–Kier alpha value is -2.29. The van der Waals surface area contributed by atoms with Gasteiger partial charge in [-0.3, -0.25) is 4.99 Å². The quantitative estimate of drug-likeness (QED) is 0.744. The van der Waals surface area contributed by atoms with Gasteiger partial charge in [0.05, 0.1) is 12.6 Å². The van der Waals surface area contributed by atoms with E-state index in [2.05, 4.69) is 72.6 Å². The average molecular weight is 323 g/mol. The Labute approximate surface area is 146 Å². The standard InChI is InChI=1S/C21H29N3/c1-15(2)22-17(4)14-23-12-13-24(19(6)18(23)5)20(7)21-10-8-16(3)9-11-21/h8-11,19H,1,5,7,12-14H2,2-4,6H3/b22-17+. The molecule has 0 bridgehead atoms. The third-order valence-electron chi connectivity index (χ3n) is 4.50. The molecule has 1 aliphatic heterocycles. The molecule has 0 spiro atoms. The van der Waals surface area contributed by atoms with Crippen molar-refractivity contribution in [2.75, 3.05) is 19.6 Å². The van der Waals surface area contributed by atoms with Crippen molar-refractivity contribution in [2.45, 2.75) is 33.7 Å². The lowest BCUT2D eigenvalue weighted by atomic mass is 10.0. The van der Waals surface area contributed by atoms with Crippen LogP contribution in [0.1, 0.15) is 31.9 Å². The van der Waals surface area contributed by atoms with E-state index in [9.17, 15) is 0 Å². The second-order valence-corrected chi connectivity index (χ2v) is 6.68. The molecule has 3 nitrogen and oxygen atoms in total. The Balaban J connectivity index is 2.08. The van der Waals surface area contributed by atoms with Crippen LogP contribution in [0.2, 0.25) is 0 Å². The Bertz CT molecular complexity index is 667. The van der Waals surface area contributed by atoms with E-state index in [4.69, 9.17) is 0 Å². The van der Waals surface area contributed by atoms with Crippen molar-refractivity contribution in [1.29, 1.82) is 0 Å². The summed E-state index contributed by atoms with van der Waals surface area (Å²) >= 11 is 0. The van der Waals surface area contributed by atoms with Gasteiger partial charge in [0.1, 0.15) is 0 Å². The summed E-state index contributed by atoms with van der Waals surface area (Å²) in [7, 11) is 0. The topological polar surface area (TPSA) is 18.8 Å². The van der Waals surface area contributed by atoms with Crippen molar-refractivity contribution in [3.63, 3.8) is 0 Å². The molecule has 1 saturated heterocycles. The van der Waals surface area contributed by atoms with Crippen LogP contribution in [0.3, 0.4) is 0 Å². The highest BCUT2D eigenvalue weighted by Crippen LogP contribution is 2.27. The lowest BCUT2D eigenvalue weighted by Gasteiger charge is -2.44. The molecule has 1 fully saturated rings. The van der Waals surface area contributed by atoms with Crippen molar-refractivity contribution in [1.82, 2.24) is 9.80 Å². The largest absolute Gasteiger partial charge is 0.366 e. The van der Waals surface area contributed by atoms with Crippen LogP contribution in [0.5, 0.6) is 0 Å². The molecular weight excluding hydrogens is 294 g/mol. The number of rotatable bonds is 5. The molecular formula is C21H29N3. The van der Waals surface area contributed by atoms with Gasteiger partial charge in [-0.1, -0.05) is 49.6 Å². The molecule has 1 aromatic rings. The first kappa shape index (κ1) is 18.1. The minimum Gasteiger partial charge on any atom is -0.366 e. The molecule has 0 radical (unpaired) electrons. The van der Waals surface area contributed by atoms with Crippen LogP contribution in [-0.4, -0.2) is 41.2 Å². The van der Waals surface area contributed by atoms with Gasteiger partial charge in [-0.25, -0.2) is 0 Å². The molecule has 1 heterocycles. The SMILES string of the molecule is C=C(C)/N=C(\C)CN1CCN(C(=C)c2ccc(C)cc2)C(C)C1=C. The van der Waals surface area contributed by atoms with Gasteiger partial charge in [0.2, 0.25) is 0 Å². The molecule has 24 heavy (non-hydrogen) atoms. The van der Waals surface area contributed by atoms with Gasteiger partial charge < -0.3 is 9.80 Å². The summed E-state index contributed by atoms with van der Waals surface area (Å²) in [6.45, 7) is 23.4. The van der Waals surface area contributed by atoms with Crippen LogP contribution >= 0.6 is 0 Å². The van der Waals surface area contributed by atoms with Gasteiger partial charge in [-0.2, -0.15) is 0 Å². The fraction of sp³-hybridized carbons (Fsp3) is 0.381. The molecule has 1 aromatic carbocycles. The van der Waals surface area contributed by atoms with Crippen LogP contribution < -0.4 is 0 Å². The highest BCUT2D eigenvalue weighted by molar-refractivity contribution is 5.85. The average Bonchev–Trinajstić information content (AvgIpc) is 2.51. The number of nitrogens with zero attached hydrogens (tertiary/aromatic N) is 3. The van der Waals surface area contributed by atoms with Gasteiger partial charge in [0.25, 0.3) is 0 Å². The van der Waals surface area contributed by atoms with E-state index < -0.39 is 0 Å². The zero-order chi connectivity index (χ0) is 17.9. The van der Waals surface area contributed by atoms with Crippen molar-refractivity contribution < 1.29 is 0 Å². The minimum atomic E-state index is 0.227. The van der Waals surface area contributed by atoms with Crippen molar-refractivity contribution >= 4 is 11.4 Å². The van der Waals surface area contributed by atoms with Crippen LogP contribution in [-0.2, 0) is 0 Å². The normalized spacial score (nSPS) is 18.8. The molecule has 2 rings (SSSR count). The lowest BCUT2D eigenvalue weighted by Crippen LogP contribution is -2.49. The fourth-order valence-corrected chi connectivity index (χ4v) is 3.11. The van der Waals surface area contributed by atoms with E-state index in [0.717, 1.165) is 42.4 Å². The van der Waals surface area contributed by atoms with Gasteiger partial charge in [-0.05, 0) is 33.3 Å². The van der Waals surface area contributed by atoms with Gasteiger partial charge in [0.15, 0.2) is 0 Å². The van der Waals surface area contributed by atoms with E-state index in [-0.39, 0.29) is 6.04 Å². The number of hydrogen-bond donors (Lipinski definition) is 0. The first-order valence-electron chi connectivity index (χ1n) is 8.45. The van der Waals surface area contributed by atoms with Crippen molar-refractivity contribution in [3.8, 4) is 0 Å². The maximum Gasteiger partial charge on any atom is 0.0657 e. The molecule has 0 saturated carbocycles. The van der Waals surface area contributed by atoms with Gasteiger partial charge >= 0.3 is 0 Å². The second kappa shape index (κ2) is 7.52. The summed E-state index contributed by atoms with van der Waals surface area (Å²) in [6, 6.07) is 8.78. The molecule has 0 amide bonds. The van der Waals surface area contributed by atoms with E-state index in [1.807, 2.05) is 13.8 Å². The van der Waals surface area contributed by atoms with E-state index in [1.54, 1.807) is 0 Å². The number of benzene rings is 1. The van der Waals surface area contributed by atoms with Crippen LogP contribution in [0.15, 0.2) is 60.4 Å². The van der Waals surface area contributed by atoms with Crippen LogP contribution in [0, 0.1) is 6.92 Å². The third kappa shape index (κ3) is 4.16. The third-order valence-corrected chi connectivity index (χ3v) is 4.50. The molecule has 3 heteroatoms. The number of allylic oxidation sites excluding steroid dienone is 1. The zero-order valence-corrected chi connectivity index (χ0v) is 15.5. The first-order chi connectivity index (χ1) is 11.3. The fourth-order valence-electron chi connectivity index (χ4n) is 3.11. The molecule has 0 N–H and O–H groups in total. The molecule has 1 aliphatic rings. The minimum absolute atomic E-state index is 0.227. The second-order valence-electron chi connectivity index (χ2n) is 6.68. The molecule has 0 aromatic heterocycles. The first-order valence-corrected chi connectivity index (χ1v) is 8.45.